The van der Waals surface area contributed by atoms with E-state index >= 15 is 0 Å². The third-order valence-electron chi connectivity index (χ3n) is 4.96. The van der Waals surface area contributed by atoms with Crippen LogP contribution in [0, 0.1) is 0 Å². The molecule has 0 bridgehead atoms. The summed E-state index contributed by atoms with van der Waals surface area (Å²) in [7, 11) is 3.78. The average Bonchev–Trinajstić information content (AvgIpc) is 3.41. The molecule has 0 saturated carbocycles. The third-order valence-corrected chi connectivity index (χ3v) is 6.72. The molecule has 0 spiro atoms. The Morgan fingerprint density at radius 1 is 1.27 bits per heavy atom. The Hall–Kier alpha value is -0.750. The first-order chi connectivity index (χ1) is 14.0. The van der Waals surface area contributed by atoms with Crippen LogP contribution >= 0.6 is 46.7 Å². The smallest absolute Gasteiger partial charge is 0.194 e. The second-order valence-electron chi connectivity index (χ2n) is 6.90. The third kappa shape index (κ3) is 7.74. The molecule has 1 N–H and O–H groups in total. The summed E-state index contributed by atoms with van der Waals surface area (Å²) in [5.74, 6) is 0.911. The van der Waals surface area contributed by atoms with E-state index in [2.05, 4.69) is 65.1 Å². The van der Waals surface area contributed by atoms with Crippen LogP contribution in [-0.4, -0.2) is 61.1 Å². The number of nitrogens with zero attached hydrogens (tertiary/aromatic N) is 4. The number of halogens is 1. The first-order valence-electron chi connectivity index (χ1n) is 10.3. The van der Waals surface area contributed by atoms with E-state index in [1.54, 1.807) is 29.8 Å². The molecule has 0 aliphatic heterocycles. The van der Waals surface area contributed by atoms with Gasteiger partial charge < -0.3 is 15.0 Å². The number of methoxy groups -OCH3 is 1. The van der Waals surface area contributed by atoms with Crippen LogP contribution in [0.3, 0.4) is 0 Å². The monoisotopic (exact) mass is 565 g/mol. The lowest BCUT2D eigenvalue weighted by Crippen LogP contribution is -2.39. The SMILES string of the molecule is CCNC(=NCC(c1ccsc1)N(CC)CC)N(C)Cc1csc(C(C)OC)n1.I. The Morgan fingerprint density at radius 2 is 2.00 bits per heavy atom. The summed E-state index contributed by atoms with van der Waals surface area (Å²) in [5.41, 5.74) is 2.39. The van der Waals surface area contributed by atoms with Crippen molar-refractivity contribution in [2.45, 2.75) is 46.4 Å². The molecule has 0 aliphatic rings. The number of nitrogens with one attached hydrogen (secondary N) is 1. The molecule has 170 valence electrons. The van der Waals surface area contributed by atoms with Gasteiger partial charge in [-0.1, -0.05) is 13.8 Å². The average molecular weight is 566 g/mol. The van der Waals surface area contributed by atoms with E-state index in [1.165, 1.54) is 5.56 Å². The van der Waals surface area contributed by atoms with Gasteiger partial charge in [-0.2, -0.15) is 11.3 Å². The fourth-order valence-corrected chi connectivity index (χ4v) is 4.75. The number of hydrogen-bond donors (Lipinski definition) is 1. The second-order valence-corrected chi connectivity index (χ2v) is 8.57. The molecular formula is C21H36IN5OS2. The molecule has 2 rings (SSSR count). The number of rotatable bonds is 11. The molecule has 0 fully saturated rings. The minimum Gasteiger partial charge on any atom is -0.375 e. The highest BCUT2D eigenvalue weighted by Gasteiger charge is 2.19. The zero-order valence-electron chi connectivity index (χ0n) is 18.9. The van der Waals surface area contributed by atoms with Gasteiger partial charge in [-0.25, -0.2) is 4.98 Å². The largest absolute Gasteiger partial charge is 0.375 e. The molecule has 6 nitrogen and oxygen atoms in total. The highest BCUT2D eigenvalue weighted by molar-refractivity contribution is 14.0. The van der Waals surface area contributed by atoms with Crippen LogP contribution in [0.5, 0.6) is 0 Å². The summed E-state index contributed by atoms with van der Waals surface area (Å²) in [4.78, 5) is 14.3. The molecule has 0 aliphatic carbocycles. The van der Waals surface area contributed by atoms with Crippen molar-refractivity contribution in [3.8, 4) is 0 Å². The van der Waals surface area contributed by atoms with Gasteiger partial charge in [0.1, 0.15) is 11.1 Å². The Balaban J connectivity index is 0.00000450. The summed E-state index contributed by atoms with van der Waals surface area (Å²) in [6.45, 7) is 12.9. The molecule has 2 unspecified atom stereocenters. The molecule has 9 heteroatoms. The predicted octanol–water partition coefficient (Wildman–Crippen LogP) is 5.01. The fourth-order valence-electron chi connectivity index (χ4n) is 3.20. The van der Waals surface area contributed by atoms with Crippen LogP contribution in [-0.2, 0) is 11.3 Å². The van der Waals surface area contributed by atoms with Gasteiger partial charge in [0.25, 0.3) is 0 Å². The number of hydrogen-bond acceptors (Lipinski definition) is 6. The molecule has 2 atom stereocenters. The molecule has 0 aromatic carbocycles. The first-order valence-corrected chi connectivity index (χ1v) is 12.1. The van der Waals surface area contributed by atoms with Crippen molar-refractivity contribution in [2.24, 2.45) is 4.99 Å². The summed E-state index contributed by atoms with van der Waals surface area (Å²) in [6.07, 6.45) is 0.0291. The molecule has 2 aromatic heterocycles. The van der Waals surface area contributed by atoms with Gasteiger partial charge in [-0.15, -0.1) is 35.3 Å². The number of guanidine groups is 1. The lowest BCUT2D eigenvalue weighted by atomic mass is 10.1. The van der Waals surface area contributed by atoms with Crippen molar-refractivity contribution in [1.82, 2.24) is 20.1 Å². The topological polar surface area (TPSA) is 53.0 Å². The van der Waals surface area contributed by atoms with Gasteiger partial charge >= 0.3 is 0 Å². The molecule has 2 heterocycles. The molecule has 0 saturated heterocycles. The van der Waals surface area contributed by atoms with Crippen LogP contribution in [0.1, 0.15) is 56.1 Å². The van der Waals surface area contributed by atoms with Gasteiger partial charge in [0.2, 0.25) is 0 Å². The first kappa shape index (κ1) is 27.3. The highest BCUT2D eigenvalue weighted by atomic mass is 127. The number of thiazole rings is 1. The summed E-state index contributed by atoms with van der Waals surface area (Å²) < 4.78 is 5.38. The van der Waals surface area contributed by atoms with Crippen LogP contribution in [0.15, 0.2) is 27.2 Å². The Morgan fingerprint density at radius 3 is 2.57 bits per heavy atom. The second kappa shape index (κ2) is 14.3. The maximum absolute atomic E-state index is 5.38. The van der Waals surface area contributed by atoms with E-state index < -0.39 is 0 Å². The zero-order chi connectivity index (χ0) is 21.2. The van der Waals surface area contributed by atoms with Gasteiger partial charge in [-0.05, 0) is 49.3 Å². The van der Waals surface area contributed by atoms with Gasteiger partial charge in [-0.3, -0.25) is 9.89 Å². The Labute approximate surface area is 206 Å². The number of aliphatic imine (C=N–C) groups is 1. The van der Waals surface area contributed by atoms with Gasteiger partial charge in [0, 0.05) is 26.1 Å². The quantitative estimate of drug-likeness (QED) is 0.236. The standard InChI is InChI=1S/C21H35N5OS2.HI/c1-7-22-21(25(5)13-18-15-29-20(24-18)16(4)27-6)23-12-19(26(8-2)9-3)17-10-11-28-14-17;/h10-11,14-16,19H,7-9,12-13H2,1-6H3,(H,22,23);1H. The lowest BCUT2D eigenvalue weighted by molar-refractivity contribution is 0.119. The molecule has 0 radical (unpaired) electrons. The van der Waals surface area contributed by atoms with E-state index in [0.717, 1.165) is 42.8 Å². The summed E-state index contributed by atoms with van der Waals surface area (Å²) in [6, 6.07) is 2.51. The number of ether oxygens (including phenoxy) is 1. The Kier molecular flexibility index (Phi) is 13.0. The lowest BCUT2D eigenvalue weighted by Gasteiger charge is -2.29. The molecule has 0 amide bonds. The Bertz CT molecular complexity index is 734. The van der Waals surface area contributed by atoms with Crippen LogP contribution < -0.4 is 5.32 Å². The highest BCUT2D eigenvalue weighted by Crippen LogP contribution is 2.24. The molecular weight excluding hydrogens is 529 g/mol. The maximum Gasteiger partial charge on any atom is 0.194 e. The van der Waals surface area contributed by atoms with Gasteiger partial charge in [0.15, 0.2) is 5.96 Å². The fraction of sp³-hybridized carbons (Fsp3) is 0.619. The van der Waals surface area contributed by atoms with Crippen LogP contribution in [0.4, 0.5) is 0 Å². The van der Waals surface area contributed by atoms with Crippen molar-refractivity contribution in [3.05, 3.63) is 38.5 Å². The minimum absolute atomic E-state index is 0. The van der Waals surface area contributed by atoms with Gasteiger partial charge in [0.05, 0.1) is 24.8 Å². The minimum atomic E-state index is 0. The normalized spacial score (nSPS) is 13.8. The number of likely N-dealkylation sites (N-methyl/N-ethyl adjacent to an activating group) is 1. The molecule has 2 aromatic rings. The van der Waals surface area contributed by atoms with E-state index in [1.807, 2.05) is 6.92 Å². The summed E-state index contributed by atoms with van der Waals surface area (Å²) in [5, 5.41) is 10.9. The maximum atomic E-state index is 5.38. The zero-order valence-corrected chi connectivity index (χ0v) is 22.9. The van der Waals surface area contributed by atoms with E-state index in [4.69, 9.17) is 14.7 Å². The van der Waals surface area contributed by atoms with Crippen molar-refractivity contribution in [1.29, 1.82) is 0 Å². The van der Waals surface area contributed by atoms with E-state index in [9.17, 15) is 0 Å². The van der Waals surface area contributed by atoms with Crippen molar-refractivity contribution < 1.29 is 4.74 Å². The van der Waals surface area contributed by atoms with Crippen LogP contribution in [0.2, 0.25) is 0 Å². The van der Waals surface area contributed by atoms with Crippen molar-refractivity contribution >= 4 is 52.6 Å². The van der Waals surface area contributed by atoms with E-state index in [0.29, 0.717) is 12.6 Å². The number of thiophene rings is 1. The van der Waals surface area contributed by atoms with Crippen molar-refractivity contribution in [2.75, 3.05) is 40.3 Å². The number of aromatic nitrogens is 1. The van der Waals surface area contributed by atoms with E-state index in [-0.39, 0.29) is 30.1 Å². The summed E-state index contributed by atoms with van der Waals surface area (Å²) >= 11 is 3.39. The van der Waals surface area contributed by atoms with Crippen molar-refractivity contribution in [3.63, 3.8) is 0 Å². The molecule has 30 heavy (non-hydrogen) atoms. The van der Waals surface area contributed by atoms with Crippen LogP contribution in [0.25, 0.3) is 0 Å². The predicted molar refractivity (Wildman–Crippen MR) is 140 cm³/mol.